The molecular weight excluding hydrogens is 455 g/mol. The Morgan fingerprint density at radius 2 is 1.74 bits per heavy atom. The Morgan fingerprint density at radius 3 is 2.44 bits per heavy atom. The molecule has 2 aromatic heterocycles. The number of carbonyl (C=O) groups excluding carboxylic acids is 3. The number of hydrogen-bond donors (Lipinski definition) is 2. The molecule has 1 atom stereocenters. The Morgan fingerprint density at radius 1 is 1.00 bits per heavy atom. The fourth-order valence-corrected chi connectivity index (χ4v) is 4.18. The fourth-order valence-electron chi connectivity index (χ4n) is 3.37. The predicted molar refractivity (Wildman–Crippen MR) is 126 cm³/mol. The van der Waals surface area contributed by atoms with Crippen LogP contribution >= 0.6 is 11.3 Å². The molecule has 0 spiro atoms. The third-order valence-corrected chi connectivity index (χ3v) is 5.93. The summed E-state index contributed by atoms with van der Waals surface area (Å²) in [6.45, 7) is 0. The minimum absolute atomic E-state index is 0.107. The lowest BCUT2D eigenvalue weighted by Crippen LogP contribution is -2.47. The molecule has 170 valence electrons. The van der Waals surface area contributed by atoms with Gasteiger partial charge in [-0.3, -0.25) is 19.4 Å². The van der Waals surface area contributed by atoms with Crippen LogP contribution in [-0.4, -0.2) is 33.6 Å². The molecule has 9 heteroatoms. The van der Waals surface area contributed by atoms with Gasteiger partial charge in [0.2, 0.25) is 5.78 Å². The highest BCUT2D eigenvalue weighted by Crippen LogP contribution is 2.29. The third kappa shape index (κ3) is 5.21. The van der Waals surface area contributed by atoms with Crippen molar-refractivity contribution in [2.24, 2.45) is 5.73 Å². The average Bonchev–Trinajstić information content (AvgIpc) is 3.34. The topological polar surface area (TPSA) is 115 Å². The second-order valence-corrected chi connectivity index (χ2v) is 8.25. The van der Waals surface area contributed by atoms with Gasteiger partial charge in [-0.2, -0.15) is 0 Å². The van der Waals surface area contributed by atoms with E-state index in [0.717, 1.165) is 11.1 Å². The molecule has 0 saturated carbocycles. The van der Waals surface area contributed by atoms with Crippen LogP contribution in [0.25, 0.3) is 22.0 Å². The standard InChI is InChI=1S/C25H19FN4O3S/c26-17-10-8-16(9-11-17)25-30-20(14-34-25)21-18(7-4-12-28-21)24(33)29-19(22(31)23(27)32)13-15-5-2-1-3-6-15/h1-12,14,19H,13H2,(H2,27,32)(H,29,33). The highest BCUT2D eigenvalue weighted by Gasteiger charge is 2.27. The molecule has 0 fully saturated rings. The van der Waals surface area contributed by atoms with E-state index in [1.807, 2.05) is 6.07 Å². The first kappa shape index (κ1) is 22.9. The van der Waals surface area contributed by atoms with Crippen LogP contribution in [0.15, 0.2) is 78.3 Å². The lowest BCUT2D eigenvalue weighted by molar-refractivity contribution is -0.137. The summed E-state index contributed by atoms with van der Waals surface area (Å²) in [5.41, 5.74) is 7.66. The number of pyridine rings is 1. The van der Waals surface area contributed by atoms with Crippen molar-refractivity contribution in [1.29, 1.82) is 0 Å². The zero-order valence-electron chi connectivity index (χ0n) is 17.8. The number of nitrogens with zero attached hydrogens (tertiary/aromatic N) is 2. The summed E-state index contributed by atoms with van der Waals surface area (Å²) in [4.78, 5) is 46.0. The maximum absolute atomic E-state index is 13.2. The van der Waals surface area contributed by atoms with E-state index in [2.05, 4.69) is 15.3 Å². The number of benzene rings is 2. The van der Waals surface area contributed by atoms with Crippen LogP contribution < -0.4 is 11.1 Å². The van der Waals surface area contributed by atoms with E-state index in [0.29, 0.717) is 16.4 Å². The molecule has 0 saturated heterocycles. The van der Waals surface area contributed by atoms with Gasteiger partial charge in [0.15, 0.2) is 0 Å². The van der Waals surface area contributed by atoms with Gasteiger partial charge in [-0.05, 0) is 42.0 Å². The highest BCUT2D eigenvalue weighted by molar-refractivity contribution is 7.13. The van der Waals surface area contributed by atoms with Gasteiger partial charge in [0.1, 0.15) is 28.3 Å². The molecule has 4 rings (SSSR count). The maximum Gasteiger partial charge on any atom is 0.287 e. The van der Waals surface area contributed by atoms with E-state index in [-0.39, 0.29) is 17.8 Å². The van der Waals surface area contributed by atoms with Gasteiger partial charge in [0.25, 0.3) is 11.8 Å². The number of ketones is 1. The monoisotopic (exact) mass is 474 g/mol. The van der Waals surface area contributed by atoms with E-state index in [1.54, 1.807) is 53.9 Å². The van der Waals surface area contributed by atoms with Crippen molar-refractivity contribution >= 4 is 28.9 Å². The van der Waals surface area contributed by atoms with Gasteiger partial charge < -0.3 is 11.1 Å². The van der Waals surface area contributed by atoms with E-state index in [1.165, 1.54) is 29.7 Å². The van der Waals surface area contributed by atoms with E-state index >= 15 is 0 Å². The Labute approximate surface area is 198 Å². The molecule has 0 bridgehead atoms. The number of amides is 2. The van der Waals surface area contributed by atoms with Crippen molar-refractivity contribution in [3.8, 4) is 22.0 Å². The van der Waals surface area contributed by atoms with Gasteiger partial charge in [0.05, 0.1) is 5.56 Å². The molecular formula is C25H19FN4O3S. The van der Waals surface area contributed by atoms with Gasteiger partial charge in [-0.1, -0.05) is 30.3 Å². The van der Waals surface area contributed by atoms with Crippen molar-refractivity contribution in [2.45, 2.75) is 12.5 Å². The number of hydrogen-bond acceptors (Lipinski definition) is 6. The largest absolute Gasteiger partial charge is 0.363 e. The molecule has 2 aromatic carbocycles. The smallest absolute Gasteiger partial charge is 0.287 e. The SMILES string of the molecule is NC(=O)C(=O)C(Cc1ccccc1)NC(=O)c1cccnc1-c1csc(-c2ccc(F)cc2)n1. The van der Waals surface area contributed by atoms with Gasteiger partial charge >= 0.3 is 0 Å². The quantitative estimate of drug-likeness (QED) is 0.380. The summed E-state index contributed by atoms with van der Waals surface area (Å²) in [7, 11) is 0. The Kier molecular flexibility index (Phi) is 6.84. The number of aromatic nitrogens is 2. The number of primary amides is 1. The van der Waals surface area contributed by atoms with Gasteiger partial charge in [0, 0.05) is 23.6 Å². The molecule has 2 amide bonds. The van der Waals surface area contributed by atoms with E-state index < -0.39 is 23.6 Å². The zero-order chi connectivity index (χ0) is 24.1. The van der Waals surface area contributed by atoms with E-state index in [4.69, 9.17) is 5.73 Å². The van der Waals surface area contributed by atoms with Crippen molar-refractivity contribution in [1.82, 2.24) is 15.3 Å². The first-order chi connectivity index (χ1) is 16.4. The van der Waals surface area contributed by atoms with Crippen molar-refractivity contribution < 1.29 is 18.8 Å². The van der Waals surface area contributed by atoms with Gasteiger partial charge in [-0.25, -0.2) is 9.37 Å². The van der Waals surface area contributed by atoms with Crippen LogP contribution in [0.5, 0.6) is 0 Å². The Hall–Kier alpha value is -4.24. The molecule has 0 radical (unpaired) electrons. The molecule has 4 aromatic rings. The Bertz CT molecular complexity index is 1340. The number of rotatable bonds is 8. The number of nitrogens with one attached hydrogen (secondary N) is 1. The molecule has 1 unspecified atom stereocenters. The molecule has 3 N–H and O–H groups in total. The number of carbonyl (C=O) groups is 3. The number of thiazole rings is 1. The number of nitrogens with two attached hydrogens (primary N) is 1. The molecule has 2 heterocycles. The molecule has 34 heavy (non-hydrogen) atoms. The Balaban J connectivity index is 1.61. The summed E-state index contributed by atoms with van der Waals surface area (Å²) in [6.07, 6.45) is 1.63. The average molecular weight is 475 g/mol. The summed E-state index contributed by atoms with van der Waals surface area (Å²) < 4.78 is 13.2. The summed E-state index contributed by atoms with van der Waals surface area (Å²) >= 11 is 1.33. The predicted octanol–water partition coefficient (Wildman–Crippen LogP) is 3.41. The van der Waals surface area contributed by atoms with E-state index in [9.17, 15) is 18.8 Å². The third-order valence-electron chi connectivity index (χ3n) is 5.04. The molecule has 0 aliphatic carbocycles. The van der Waals surface area contributed by atoms with Crippen LogP contribution in [0.1, 0.15) is 15.9 Å². The number of Topliss-reactive ketones (excluding diaryl/α,β-unsaturated/α-hetero) is 1. The van der Waals surface area contributed by atoms with Crippen molar-refractivity contribution in [3.05, 3.63) is 95.3 Å². The summed E-state index contributed by atoms with van der Waals surface area (Å²) in [6, 6.07) is 16.9. The van der Waals surface area contributed by atoms with Crippen LogP contribution in [0.2, 0.25) is 0 Å². The summed E-state index contributed by atoms with van der Waals surface area (Å²) in [5.74, 6) is -2.96. The van der Waals surface area contributed by atoms with Gasteiger partial charge in [-0.15, -0.1) is 11.3 Å². The molecule has 0 aliphatic rings. The van der Waals surface area contributed by atoms with Crippen LogP contribution in [-0.2, 0) is 16.0 Å². The lowest BCUT2D eigenvalue weighted by atomic mass is 10.0. The van der Waals surface area contributed by atoms with Crippen LogP contribution in [0, 0.1) is 5.82 Å². The number of halogens is 1. The minimum Gasteiger partial charge on any atom is -0.363 e. The van der Waals surface area contributed by atoms with Crippen molar-refractivity contribution in [2.75, 3.05) is 0 Å². The summed E-state index contributed by atoms with van der Waals surface area (Å²) in [5, 5.41) is 5.00. The fraction of sp³-hybridized carbons (Fsp3) is 0.0800. The normalized spacial score (nSPS) is 11.6. The second kappa shape index (κ2) is 10.1. The highest BCUT2D eigenvalue weighted by atomic mass is 32.1. The zero-order valence-corrected chi connectivity index (χ0v) is 18.6. The molecule has 0 aliphatic heterocycles. The maximum atomic E-state index is 13.2. The second-order valence-electron chi connectivity index (χ2n) is 7.39. The van der Waals surface area contributed by atoms with Crippen molar-refractivity contribution in [3.63, 3.8) is 0 Å². The first-order valence-corrected chi connectivity index (χ1v) is 11.2. The lowest BCUT2D eigenvalue weighted by Gasteiger charge is -2.17. The van der Waals surface area contributed by atoms with Crippen LogP contribution in [0.4, 0.5) is 4.39 Å². The van der Waals surface area contributed by atoms with Crippen LogP contribution in [0.3, 0.4) is 0 Å². The molecule has 7 nitrogen and oxygen atoms in total. The minimum atomic E-state index is -1.13. The first-order valence-electron chi connectivity index (χ1n) is 10.3.